The SMILES string of the molecule is CC1CC(O)(c2ccccc2)C(C)CN1C(C)(C)C.Cl. The summed E-state index contributed by atoms with van der Waals surface area (Å²) in [6.45, 7) is 12.1. The Kier molecular flexibility index (Phi) is 5.29. The lowest BCUT2D eigenvalue weighted by Crippen LogP contribution is -2.58. The predicted molar refractivity (Wildman–Crippen MR) is 87.3 cm³/mol. The lowest BCUT2D eigenvalue weighted by Gasteiger charge is -2.52. The number of hydrogen-bond donors (Lipinski definition) is 1. The van der Waals surface area contributed by atoms with Crippen LogP contribution in [-0.2, 0) is 5.60 Å². The molecule has 20 heavy (non-hydrogen) atoms. The molecule has 3 unspecified atom stereocenters. The van der Waals surface area contributed by atoms with Gasteiger partial charge in [-0.2, -0.15) is 0 Å². The zero-order chi connectivity index (χ0) is 14.3. The Labute approximate surface area is 129 Å². The van der Waals surface area contributed by atoms with Crippen molar-refractivity contribution in [2.45, 2.75) is 58.2 Å². The molecule has 3 heteroatoms. The van der Waals surface area contributed by atoms with Crippen LogP contribution in [0.3, 0.4) is 0 Å². The van der Waals surface area contributed by atoms with Crippen LogP contribution >= 0.6 is 12.4 Å². The van der Waals surface area contributed by atoms with Gasteiger partial charge in [-0.3, -0.25) is 4.90 Å². The number of benzene rings is 1. The highest BCUT2D eigenvalue weighted by Gasteiger charge is 2.45. The Morgan fingerprint density at radius 3 is 2.20 bits per heavy atom. The second kappa shape index (κ2) is 6.05. The van der Waals surface area contributed by atoms with Crippen LogP contribution in [0.25, 0.3) is 0 Å². The van der Waals surface area contributed by atoms with Gasteiger partial charge in [-0.1, -0.05) is 37.3 Å². The molecular weight excluding hydrogens is 270 g/mol. The van der Waals surface area contributed by atoms with Crippen LogP contribution in [0.15, 0.2) is 30.3 Å². The Bertz CT molecular complexity index is 428. The van der Waals surface area contributed by atoms with Crippen molar-refractivity contribution in [3.63, 3.8) is 0 Å². The van der Waals surface area contributed by atoms with Crippen molar-refractivity contribution < 1.29 is 5.11 Å². The van der Waals surface area contributed by atoms with E-state index >= 15 is 0 Å². The standard InChI is InChI=1S/C17H27NO.ClH/c1-13-12-18(16(3,4)5)14(2)11-17(13,19)15-9-7-6-8-10-15;/h6-10,13-14,19H,11-12H2,1-5H3;1H. The lowest BCUT2D eigenvalue weighted by atomic mass is 9.73. The third kappa shape index (κ3) is 3.19. The number of piperidine rings is 1. The summed E-state index contributed by atoms with van der Waals surface area (Å²) in [5.41, 5.74) is 0.525. The normalized spacial score (nSPS) is 31.7. The highest BCUT2D eigenvalue weighted by Crippen LogP contribution is 2.41. The highest BCUT2D eigenvalue weighted by atomic mass is 35.5. The van der Waals surface area contributed by atoms with Crippen molar-refractivity contribution in [3.05, 3.63) is 35.9 Å². The fraction of sp³-hybridized carbons (Fsp3) is 0.647. The number of aliphatic hydroxyl groups is 1. The van der Waals surface area contributed by atoms with Crippen molar-refractivity contribution in [1.29, 1.82) is 0 Å². The molecule has 1 saturated heterocycles. The summed E-state index contributed by atoms with van der Waals surface area (Å²) in [7, 11) is 0. The molecule has 1 aromatic rings. The van der Waals surface area contributed by atoms with Gasteiger partial charge in [0.2, 0.25) is 0 Å². The van der Waals surface area contributed by atoms with E-state index in [1.54, 1.807) is 0 Å². The molecule has 1 N–H and O–H groups in total. The summed E-state index contributed by atoms with van der Waals surface area (Å²) in [6.07, 6.45) is 0.801. The van der Waals surface area contributed by atoms with E-state index < -0.39 is 5.60 Å². The fourth-order valence-electron chi connectivity index (χ4n) is 3.45. The zero-order valence-electron chi connectivity index (χ0n) is 13.3. The quantitative estimate of drug-likeness (QED) is 0.852. The minimum atomic E-state index is -0.692. The van der Waals surface area contributed by atoms with Crippen molar-refractivity contribution in [1.82, 2.24) is 4.90 Å². The van der Waals surface area contributed by atoms with Gasteiger partial charge in [0.15, 0.2) is 0 Å². The van der Waals surface area contributed by atoms with E-state index in [0.29, 0.717) is 6.04 Å². The van der Waals surface area contributed by atoms with Gasteiger partial charge in [0.25, 0.3) is 0 Å². The fourth-order valence-corrected chi connectivity index (χ4v) is 3.45. The summed E-state index contributed by atoms with van der Waals surface area (Å²) >= 11 is 0. The third-order valence-corrected chi connectivity index (χ3v) is 4.56. The van der Waals surface area contributed by atoms with Crippen LogP contribution in [0.1, 0.15) is 46.6 Å². The molecule has 0 saturated carbocycles. The van der Waals surface area contributed by atoms with Gasteiger partial charge in [0.1, 0.15) is 0 Å². The van der Waals surface area contributed by atoms with Gasteiger partial charge < -0.3 is 5.11 Å². The monoisotopic (exact) mass is 297 g/mol. The minimum absolute atomic E-state index is 0. The Hall–Kier alpha value is -0.570. The van der Waals surface area contributed by atoms with Crippen LogP contribution in [0.4, 0.5) is 0 Å². The van der Waals surface area contributed by atoms with Crippen LogP contribution in [0, 0.1) is 5.92 Å². The first-order valence-corrected chi connectivity index (χ1v) is 7.30. The van der Waals surface area contributed by atoms with Gasteiger partial charge in [0, 0.05) is 24.0 Å². The van der Waals surface area contributed by atoms with Crippen LogP contribution in [0.5, 0.6) is 0 Å². The molecule has 114 valence electrons. The Morgan fingerprint density at radius 2 is 1.70 bits per heavy atom. The molecule has 1 aliphatic heterocycles. The molecular formula is C17H28ClNO. The first kappa shape index (κ1) is 17.5. The maximum absolute atomic E-state index is 11.1. The molecule has 3 atom stereocenters. The van der Waals surface area contributed by atoms with Crippen LogP contribution in [-0.4, -0.2) is 28.1 Å². The molecule has 2 rings (SSSR count). The van der Waals surface area contributed by atoms with Crippen molar-refractivity contribution in [2.24, 2.45) is 5.92 Å². The van der Waals surface area contributed by atoms with Crippen LogP contribution < -0.4 is 0 Å². The zero-order valence-corrected chi connectivity index (χ0v) is 14.1. The molecule has 0 aromatic heterocycles. The number of likely N-dealkylation sites (tertiary alicyclic amines) is 1. The molecule has 1 heterocycles. The second-order valence-electron chi connectivity index (χ2n) is 7.07. The van der Waals surface area contributed by atoms with Gasteiger partial charge in [0.05, 0.1) is 5.60 Å². The van der Waals surface area contributed by atoms with Crippen LogP contribution in [0.2, 0.25) is 0 Å². The van der Waals surface area contributed by atoms with Gasteiger partial charge in [-0.05, 0) is 39.7 Å². The van der Waals surface area contributed by atoms with Crippen molar-refractivity contribution in [3.8, 4) is 0 Å². The summed E-state index contributed by atoms with van der Waals surface area (Å²) in [4.78, 5) is 2.51. The molecule has 0 amide bonds. The third-order valence-electron chi connectivity index (χ3n) is 4.56. The second-order valence-corrected chi connectivity index (χ2v) is 7.07. The maximum Gasteiger partial charge on any atom is 0.0948 e. The predicted octanol–water partition coefficient (Wildman–Crippen LogP) is 3.82. The molecule has 1 aliphatic rings. The van der Waals surface area contributed by atoms with Gasteiger partial charge >= 0.3 is 0 Å². The average molecular weight is 298 g/mol. The number of hydrogen-bond acceptors (Lipinski definition) is 2. The van der Waals surface area contributed by atoms with Crippen molar-refractivity contribution >= 4 is 12.4 Å². The average Bonchev–Trinajstić information content (AvgIpc) is 2.33. The van der Waals surface area contributed by atoms with E-state index in [9.17, 15) is 5.11 Å². The van der Waals surface area contributed by atoms with E-state index in [1.165, 1.54) is 0 Å². The summed E-state index contributed by atoms with van der Waals surface area (Å²) in [5.74, 6) is 0.241. The largest absolute Gasteiger partial charge is 0.385 e. The number of halogens is 1. The minimum Gasteiger partial charge on any atom is -0.385 e. The van der Waals surface area contributed by atoms with E-state index in [2.05, 4.69) is 51.7 Å². The van der Waals surface area contributed by atoms with E-state index in [0.717, 1.165) is 18.5 Å². The molecule has 0 spiro atoms. The lowest BCUT2D eigenvalue weighted by molar-refractivity contribution is -0.111. The Balaban J connectivity index is 0.00000200. The van der Waals surface area contributed by atoms with E-state index in [4.69, 9.17) is 0 Å². The van der Waals surface area contributed by atoms with Crippen molar-refractivity contribution in [2.75, 3.05) is 6.54 Å². The number of rotatable bonds is 1. The Morgan fingerprint density at radius 1 is 1.15 bits per heavy atom. The van der Waals surface area contributed by atoms with E-state index in [-0.39, 0.29) is 23.9 Å². The highest BCUT2D eigenvalue weighted by molar-refractivity contribution is 5.85. The van der Waals surface area contributed by atoms with Gasteiger partial charge in [-0.15, -0.1) is 12.4 Å². The molecule has 0 radical (unpaired) electrons. The van der Waals surface area contributed by atoms with E-state index in [1.807, 2.05) is 18.2 Å². The molecule has 0 aliphatic carbocycles. The maximum atomic E-state index is 11.1. The molecule has 2 nitrogen and oxygen atoms in total. The van der Waals surface area contributed by atoms with Gasteiger partial charge in [-0.25, -0.2) is 0 Å². The summed E-state index contributed by atoms with van der Waals surface area (Å²) in [6, 6.07) is 10.5. The first-order valence-electron chi connectivity index (χ1n) is 7.30. The topological polar surface area (TPSA) is 23.5 Å². The number of nitrogens with zero attached hydrogens (tertiary/aromatic N) is 1. The summed E-state index contributed by atoms with van der Waals surface area (Å²) < 4.78 is 0. The first-order chi connectivity index (χ1) is 8.75. The molecule has 1 aromatic carbocycles. The molecule has 0 bridgehead atoms. The smallest absolute Gasteiger partial charge is 0.0948 e. The molecule has 1 fully saturated rings. The summed E-state index contributed by atoms with van der Waals surface area (Å²) in [5, 5.41) is 11.1.